The van der Waals surface area contributed by atoms with Crippen molar-refractivity contribution in [3.05, 3.63) is 28.7 Å². The van der Waals surface area contributed by atoms with Gasteiger partial charge in [-0.05, 0) is 26.0 Å². The predicted molar refractivity (Wildman–Crippen MR) is 74.6 cm³/mol. The molecular weight excluding hydrogens is 244 g/mol. The van der Waals surface area contributed by atoms with Crippen molar-refractivity contribution in [2.75, 3.05) is 6.54 Å². The smallest absolute Gasteiger partial charge is 0.142 e. The summed E-state index contributed by atoms with van der Waals surface area (Å²) < 4.78 is 0. The molecule has 0 spiro atoms. The third-order valence-corrected chi connectivity index (χ3v) is 3.76. The molecule has 0 atom stereocenters. The quantitative estimate of drug-likeness (QED) is 0.900. The van der Waals surface area contributed by atoms with Gasteiger partial charge in [-0.2, -0.15) is 0 Å². The zero-order valence-corrected chi connectivity index (χ0v) is 11.8. The number of nitrogens with one attached hydrogen (secondary N) is 1. The molecule has 0 unspecified atom stereocenters. The van der Waals surface area contributed by atoms with Crippen LogP contribution in [0.2, 0.25) is 0 Å². The van der Waals surface area contributed by atoms with E-state index in [1.165, 1.54) is 10.6 Å². The Morgan fingerprint density at radius 3 is 2.78 bits per heavy atom. The van der Waals surface area contributed by atoms with Crippen molar-refractivity contribution in [2.24, 2.45) is 0 Å². The van der Waals surface area contributed by atoms with Crippen molar-refractivity contribution < 1.29 is 0 Å². The van der Waals surface area contributed by atoms with Crippen molar-refractivity contribution in [1.82, 2.24) is 20.3 Å². The minimum atomic E-state index is 0.786. The first-order chi connectivity index (χ1) is 8.74. The van der Waals surface area contributed by atoms with Crippen molar-refractivity contribution in [3.63, 3.8) is 0 Å². The van der Waals surface area contributed by atoms with E-state index in [1.807, 2.05) is 13.0 Å². The van der Waals surface area contributed by atoms with Crippen LogP contribution < -0.4 is 5.32 Å². The molecule has 0 radical (unpaired) electrons. The summed E-state index contributed by atoms with van der Waals surface area (Å²) in [5.74, 6) is 0.786. The molecular formula is C13H18N4S. The first kappa shape index (κ1) is 13.1. The molecule has 18 heavy (non-hydrogen) atoms. The van der Waals surface area contributed by atoms with Gasteiger partial charge in [-0.1, -0.05) is 13.8 Å². The predicted octanol–water partition coefficient (Wildman–Crippen LogP) is 2.58. The van der Waals surface area contributed by atoms with Gasteiger partial charge in [-0.15, -0.1) is 11.3 Å². The first-order valence-electron chi connectivity index (χ1n) is 6.23. The van der Waals surface area contributed by atoms with Crippen LogP contribution in [0.3, 0.4) is 0 Å². The standard InChI is InChI=1S/C13H18N4S/c1-4-10-12(8-14-5-2)18-13(17-10)11-6-7-15-9(3)16-11/h6-7,14H,4-5,8H2,1-3H3. The average molecular weight is 262 g/mol. The maximum absolute atomic E-state index is 4.68. The lowest BCUT2D eigenvalue weighted by molar-refractivity contribution is 0.727. The lowest BCUT2D eigenvalue weighted by Crippen LogP contribution is -2.11. The van der Waals surface area contributed by atoms with Gasteiger partial charge in [-0.25, -0.2) is 15.0 Å². The van der Waals surface area contributed by atoms with Crippen LogP contribution in [0.15, 0.2) is 12.3 Å². The lowest BCUT2D eigenvalue weighted by atomic mass is 10.3. The van der Waals surface area contributed by atoms with Crippen molar-refractivity contribution in [3.8, 4) is 10.7 Å². The summed E-state index contributed by atoms with van der Waals surface area (Å²) in [4.78, 5) is 14.5. The Kier molecular flexibility index (Phi) is 4.38. The van der Waals surface area contributed by atoms with E-state index in [0.29, 0.717) is 0 Å². The Morgan fingerprint density at radius 2 is 2.11 bits per heavy atom. The molecule has 0 saturated heterocycles. The zero-order chi connectivity index (χ0) is 13.0. The Morgan fingerprint density at radius 1 is 1.28 bits per heavy atom. The maximum atomic E-state index is 4.68. The molecule has 0 aliphatic rings. The molecule has 1 N–H and O–H groups in total. The van der Waals surface area contributed by atoms with Crippen LogP contribution in [0.4, 0.5) is 0 Å². The fraction of sp³-hybridized carbons (Fsp3) is 0.462. The van der Waals surface area contributed by atoms with Gasteiger partial charge >= 0.3 is 0 Å². The summed E-state index contributed by atoms with van der Waals surface area (Å²) in [5.41, 5.74) is 2.09. The van der Waals surface area contributed by atoms with Gasteiger partial charge in [0.25, 0.3) is 0 Å². The third kappa shape index (κ3) is 2.91. The Hall–Kier alpha value is -1.33. The van der Waals surface area contributed by atoms with Crippen LogP contribution in [0.5, 0.6) is 0 Å². The molecule has 0 bridgehead atoms. The van der Waals surface area contributed by atoms with Crippen molar-refractivity contribution >= 4 is 11.3 Å². The molecule has 96 valence electrons. The van der Waals surface area contributed by atoms with Crippen LogP contribution in [-0.4, -0.2) is 21.5 Å². The van der Waals surface area contributed by atoms with Gasteiger partial charge in [0.1, 0.15) is 16.5 Å². The third-order valence-electron chi connectivity index (χ3n) is 2.64. The Labute approximate surface area is 112 Å². The van der Waals surface area contributed by atoms with Gasteiger partial charge < -0.3 is 5.32 Å². The van der Waals surface area contributed by atoms with E-state index in [-0.39, 0.29) is 0 Å². The average Bonchev–Trinajstić information content (AvgIpc) is 2.79. The van der Waals surface area contributed by atoms with Crippen LogP contribution in [-0.2, 0) is 13.0 Å². The maximum Gasteiger partial charge on any atom is 0.142 e. The fourth-order valence-corrected chi connectivity index (χ4v) is 2.81. The van der Waals surface area contributed by atoms with E-state index in [9.17, 15) is 0 Å². The second kappa shape index (κ2) is 6.02. The van der Waals surface area contributed by atoms with E-state index in [0.717, 1.165) is 36.0 Å². The second-order valence-corrected chi connectivity index (χ2v) is 5.10. The van der Waals surface area contributed by atoms with Crippen LogP contribution in [0.1, 0.15) is 30.2 Å². The van der Waals surface area contributed by atoms with E-state index >= 15 is 0 Å². The highest BCUT2D eigenvalue weighted by Gasteiger charge is 2.11. The minimum Gasteiger partial charge on any atom is -0.312 e. The number of hydrogen-bond donors (Lipinski definition) is 1. The fourth-order valence-electron chi connectivity index (χ4n) is 1.72. The molecule has 0 fully saturated rings. The van der Waals surface area contributed by atoms with E-state index in [1.54, 1.807) is 17.5 Å². The summed E-state index contributed by atoms with van der Waals surface area (Å²) in [6.45, 7) is 8.02. The van der Waals surface area contributed by atoms with Crippen molar-refractivity contribution in [2.45, 2.75) is 33.7 Å². The van der Waals surface area contributed by atoms with E-state index in [2.05, 4.69) is 34.1 Å². The molecule has 2 heterocycles. The number of thiazole rings is 1. The SMILES string of the molecule is CCNCc1sc(-c2ccnc(C)n2)nc1CC. The Balaban J connectivity index is 2.31. The summed E-state index contributed by atoms with van der Waals surface area (Å²) in [6.07, 6.45) is 2.75. The Bertz CT molecular complexity index is 521. The zero-order valence-electron chi connectivity index (χ0n) is 11.0. The summed E-state index contributed by atoms with van der Waals surface area (Å²) in [5, 5.41) is 4.34. The van der Waals surface area contributed by atoms with Gasteiger partial charge in [0.15, 0.2) is 0 Å². The van der Waals surface area contributed by atoms with Gasteiger partial charge in [-0.3, -0.25) is 0 Å². The molecule has 2 aromatic heterocycles. The molecule has 5 heteroatoms. The number of aromatic nitrogens is 3. The normalized spacial score (nSPS) is 10.8. The van der Waals surface area contributed by atoms with Crippen LogP contribution in [0, 0.1) is 6.92 Å². The van der Waals surface area contributed by atoms with E-state index < -0.39 is 0 Å². The van der Waals surface area contributed by atoms with E-state index in [4.69, 9.17) is 0 Å². The molecule has 2 rings (SSSR count). The monoisotopic (exact) mass is 262 g/mol. The molecule has 0 aromatic carbocycles. The second-order valence-electron chi connectivity index (χ2n) is 4.01. The molecule has 0 aliphatic carbocycles. The lowest BCUT2D eigenvalue weighted by Gasteiger charge is -1.99. The first-order valence-corrected chi connectivity index (χ1v) is 7.05. The highest BCUT2D eigenvalue weighted by Crippen LogP contribution is 2.27. The molecule has 0 aliphatic heterocycles. The molecule has 4 nitrogen and oxygen atoms in total. The minimum absolute atomic E-state index is 0.786. The topological polar surface area (TPSA) is 50.7 Å². The number of aryl methyl sites for hydroxylation is 2. The summed E-state index contributed by atoms with van der Waals surface area (Å²) in [6, 6.07) is 1.92. The molecule has 2 aromatic rings. The highest BCUT2D eigenvalue weighted by molar-refractivity contribution is 7.15. The number of nitrogens with zero attached hydrogens (tertiary/aromatic N) is 3. The van der Waals surface area contributed by atoms with Crippen LogP contribution in [0.25, 0.3) is 10.7 Å². The highest BCUT2D eigenvalue weighted by atomic mass is 32.1. The van der Waals surface area contributed by atoms with Crippen molar-refractivity contribution in [1.29, 1.82) is 0 Å². The molecule has 0 saturated carbocycles. The largest absolute Gasteiger partial charge is 0.312 e. The number of rotatable bonds is 5. The van der Waals surface area contributed by atoms with Gasteiger partial charge in [0, 0.05) is 17.6 Å². The summed E-state index contributed by atoms with van der Waals surface area (Å²) >= 11 is 1.72. The van der Waals surface area contributed by atoms with Crippen LogP contribution >= 0.6 is 11.3 Å². The number of hydrogen-bond acceptors (Lipinski definition) is 5. The van der Waals surface area contributed by atoms with Gasteiger partial charge in [0.05, 0.1) is 5.69 Å². The summed E-state index contributed by atoms with van der Waals surface area (Å²) in [7, 11) is 0. The molecule has 0 amide bonds. The van der Waals surface area contributed by atoms with Gasteiger partial charge in [0.2, 0.25) is 0 Å².